The predicted molar refractivity (Wildman–Crippen MR) is 102 cm³/mol. The number of rotatable bonds is 7. The van der Waals surface area contributed by atoms with Crippen LogP contribution >= 0.6 is 35.3 Å². The molecule has 1 saturated heterocycles. The highest BCUT2D eigenvalue weighted by Crippen LogP contribution is 2.07. The van der Waals surface area contributed by atoms with Crippen molar-refractivity contribution in [3.05, 3.63) is 16.1 Å². The van der Waals surface area contributed by atoms with Gasteiger partial charge in [0.1, 0.15) is 0 Å². The zero-order valence-electron chi connectivity index (χ0n) is 13.1. The van der Waals surface area contributed by atoms with Crippen LogP contribution in [0, 0.1) is 6.92 Å². The van der Waals surface area contributed by atoms with E-state index in [9.17, 15) is 0 Å². The highest BCUT2D eigenvalue weighted by atomic mass is 127. The first kappa shape index (κ1) is 19.6. The number of aliphatic imine (C=N–C) groups is 1. The lowest BCUT2D eigenvalue weighted by molar-refractivity contribution is 0.0377. The van der Waals surface area contributed by atoms with Gasteiger partial charge in [-0.3, -0.25) is 9.89 Å². The SMILES string of the molecule is Cc1nc(CCNC(N)=NCCCN2CCOCC2)cs1.I. The Morgan fingerprint density at radius 1 is 1.50 bits per heavy atom. The molecule has 0 atom stereocenters. The number of morpholine rings is 1. The zero-order valence-corrected chi connectivity index (χ0v) is 16.2. The van der Waals surface area contributed by atoms with Crippen LogP contribution in [-0.4, -0.2) is 61.8 Å². The lowest BCUT2D eigenvalue weighted by Gasteiger charge is -2.26. The molecule has 22 heavy (non-hydrogen) atoms. The second-order valence-electron chi connectivity index (χ2n) is 5.11. The van der Waals surface area contributed by atoms with E-state index in [2.05, 4.69) is 25.6 Å². The Bertz CT molecular complexity index is 448. The van der Waals surface area contributed by atoms with Gasteiger partial charge in [-0.25, -0.2) is 4.98 Å². The third kappa shape index (κ3) is 7.70. The first-order valence-electron chi connectivity index (χ1n) is 7.49. The molecule has 1 aromatic heterocycles. The summed E-state index contributed by atoms with van der Waals surface area (Å²) in [6.45, 7) is 8.40. The standard InChI is InChI=1S/C14H25N5OS.HI/c1-12-18-13(11-21-12)3-5-17-14(15)16-4-2-6-19-7-9-20-10-8-19;/h11H,2-10H2,1H3,(H3,15,16,17);1H. The fraction of sp³-hybridized carbons (Fsp3) is 0.714. The summed E-state index contributed by atoms with van der Waals surface area (Å²) in [5.74, 6) is 0.531. The second-order valence-corrected chi connectivity index (χ2v) is 6.17. The molecule has 0 spiro atoms. The van der Waals surface area contributed by atoms with E-state index in [0.29, 0.717) is 5.96 Å². The van der Waals surface area contributed by atoms with Gasteiger partial charge < -0.3 is 15.8 Å². The number of nitrogens with one attached hydrogen (secondary N) is 1. The fourth-order valence-electron chi connectivity index (χ4n) is 2.22. The minimum atomic E-state index is 0. The van der Waals surface area contributed by atoms with E-state index >= 15 is 0 Å². The Labute approximate surface area is 153 Å². The molecule has 0 radical (unpaired) electrons. The van der Waals surface area contributed by atoms with Crippen molar-refractivity contribution >= 4 is 41.3 Å². The van der Waals surface area contributed by atoms with Crippen LogP contribution in [0.3, 0.4) is 0 Å². The van der Waals surface area contributed by atoms with E-state index in [1.807, 2.05) is 6.92 Å². The van der Waals surface area contributed by atoms with Crippen LogP contribution in [0.25, 0.3) is 0 Å². The number of aromatic nitrogens is 1. The molecular weight excluding hydrogens is 413 g/mol. The molecule has 126 valence electrons. The van der Waals surface area contributed by atoms with E-state index in [1.54, 1.807) is 11.3 Å². The Balaban J connectivity index is 0.00000242. The van der Waals surface area contributed by atoms with Gasteiger partial charge in [-0.15, -0.1) is 35.3 Å². The number of ether oxygens (including phenoxy) is 1. The summed E-state index contributed by atoms with van der Waals surface area (Å²) >= 11 is 1.68. The Hall–Kier alpha value is -0.450. The Morgan fingerprint density at radius 2 is 2.27 bits per heavy atom. The van der Waals surface area contributed by atoms with Crippen LogP contribution < -0.4 is 11.1 Å². The van der Waals surface area contributed by atoms with E-state index in [4.69, 9.17) is 10.5 Å². The van der Waals surface area contributed by atoms with Gasteiger partial charge in [0.15, 0.2) is 5.96 Å². The van der Waals surface area contributed by atoms with Crippen molar-refractivity contribution in [2.24, 2.45) is 10.7 Å². The molecule has 8 heteroatoms. The molecule has 0 aliphatic carbocycles. The van der Waals surface area contributed by atoms with Crippen LogP contribution in [0.2, 0.25) is 0 Å². The van der Waals surface area contributed by atoms with Gasteiger partial charge in [-0.1, -0.05) is 0 Å². The molecular formula is C14H26IN5OS. The van der Waals surface area contributed by atoms with Crippen LogP contribution in [0.5, 0.6) is 0 Å². The topological polar surface area (TPSA) is 75.8 Å². The summed E-state index contributed by atoms with van der Waals surface area (Å²) in [4.78, 5) is 11.2. The van der Waals surface area contributed by atoms with E-state index < -0.39 is 0 Å². The van der Waals surface area contributed by atoms with Crippen molar-refractivity contribution in [3.63, 3.8) is 0 Å². The summed E-state index contributed by atoms with van der Waals surface area (Å²) in [5.41, 5.74) is 6.97. The molecule has 2 heterocycles. The van der Waals surface area contributed by atoms with E-state index in [-0.39, 0.29) is 24.0 Å². The fourth-order valence-corrected chi connectivity index (χ4v) is 2.86. The van der Waals surface area contributed by atoms with E-state index in [0.717, 1.165) is 69.5 Å². The molecule has 0 saturated carbocycles. The van der Waals surface area contributed by atoms with Crippen molar-refractivity contribution in [2.75, 3.05) is 45.9 Å². The van der Waals surface area contributed by atoms with Crippen molar-refractivity contribution in [3.8, 4) is 0 Å². The monoisotopic (exact) mass is 439 g/mol. The Kier molecular flexibility index (Phi) is 9.92. The highest BCUT2D eigenvalue weighted by molar-refractivity contribution is 14.0. The van der Waals surface area contributed by atoms with E-state index in [1.165, 1.54) is 0 Å². The lowest BCUT2D eigenvalue weighted by atomic mass is 10.3. The number of hydrogen-bond acceptors (Lipinski definition) is 5. The van der Waals surface area contributed by atoms with Crippen LogP contribution in [0.4, 0.5) is 0 Å². The lowest BCUT2D eigenvalue weighted by Crippen LogP contribution is -2.37. The third-order valence-corrected chi connectivity index (χ3v) is 4.19. The van der Waals surface area contributed by atoms with Gasteiger partial charge in [0.25, 0.3) is 0 Å². The molecule has 1 aliphatic rings. The quantitative estimate of drug-likeness (QED) is 0.290. The molecule has 6 nitrogen and oxygen atoms in total. The molecule has 0 aromatic carbocycles. The normalized spacial score (nSPS) is 16.3. The minimum absolute atomic E-state index is 0. The first-order chi connectivity index (χ1) is 10.2. The Morgan fingerprint density at radius 3 is 2.95 bits per heavy atom. The average Bonchev–Trinajstić information content (AvgIpc) is 2.90. The molecule has 1 aromatic rings. The average molecular weight is 439 g/mol. The summed E-state index contributed by atoms with van der Waals surface area (Å²) in [5, 5.41) is 6.33. The summed E-state index contributed by atoms with van der Waals surface area (Å²) < 4.78 is 5.32. The van der Waals surface area contributed by atoms with Gasteiger partial charge in [0.2, 0.25) is 0 Å². The molecule has 2 rings (SSSR count). The number of thiazole rings is 1. The number of halogens is 1. The zero-order chi connectivity index (χ0) is 14.9. The van der Waals surface area contributed by atoms with Crippen molar-refractivity contribution < 1.29 is 4.74 Å². The molecule has 1 aliphatic heterocycles. The number of hydrogen-bond donors (Lipinski definition) is 2. The third-order valence-electron chi connectivity index (χ3n) is 3.37. The maximum absolute atomic E-state index is 5.85. The molecule has 3 N–H and O–H groups in total. The molecule has 0 bridgehead atoms. The van der Waals surface area contributed by atoms with Gasteiger partial charge in [-0.05, 0) is 13.3 Å². The predicted octanol–water partition coefficient (Wildman–Crippen LogP) is 1.24. The van der Waals surface area contributed by atoms with Crippen LogP contribution in [0.15, 0.2) is 10.4 Å². The summed E-state index contributed by atoms with van der Waals surface area (Å²) in [6.07, 6.45) is 1.92. The number of nitrogens with two attached hydrogens (primary N) is 1. The van der Waals surface area contributed by atoms with Gasteiger partial charge in [0.05, 0.1) is 23.9 Å². The smallest absolute Gasteiger partial charge is 0.188 e. The largest absolute Gasteiger partial charge is 0.379 e. The number of nitrogens with zero attached hydrogens (tertiary/aromatic N) is 3. The molecule has 0 amide bonds. The van der Waals surface area contributed by atoms with Gasteiger partial charge in [0, 0.05) is 44.5 Å². The second kappa shape index (κ2) is 11.1. The van der Waals surface area contributed by atoms with Crippen molar-refractivity contribution in [1.29, 1.82) is 0 Å². The van der Waals surface area contributed by atoms with Gasteiger partial charge in [-0.2, -0.15) is 0 Å². The first-order valence-corrected chi connectivity index (χ1v) is 8.37. The van der Waals surface area contributed by atoms with Crippen molar-refractivity contribution in [2.45, 2.75) is 19.8 Å². The number of aryl methyl sites for hydroxylation is 1. The maximum Gasteiger partial charge on any atom is 0.188 e. The van der Waals surface area contributed by atoms with Crippen molar-refractivity contribution in [1.82, 2.24) is 15.2 Å². The van der Waals surface area contributed by atoms with Crippen LogP contribution in [0.1, 0.15) is 17.1 Å². The number of guanidine groups is 1. The maximum atomic E-state index is 5.85. The van der Waals surface area contributed by atoms with Gasteiger partial charge >= 0.3 is 0 Å². The highest BCUT2D eigenvalue weighted by Gasteiger charge is 2.08. The minimum Gasteiger partial charge on any atom is -0.379 e. The summed E-state index contributed by atoms with van der Waals surface area (Å²) in [7, 11) is 0. The molecule has 1 fully saturated rings. The van der Waals surface area contributed by atoms with Crippen LogP contribution in [-0.2, 0) is 11.2 Å². The molecule has 0 unspecified atom stereocenters. The summed E-state index contributed by atoms with van der Waals surface area (Å²) in [6, 6.07) is 0.